The average Bonchev–Trinajstić information content (AvgIpc) is 3.79. The van der Waals surface area contributed by atoms with Gasteiger partial charge >= 0.3 is 0 Å². The van der Waals surface area contributed by atoms with Crippen molar-refractivity contribution in [3.05, 3.63) is 179 Å². The molecule has 0 N–H and O–H groups in total. The van der Waals surface area contributed by atoms with Crippen molar-refractivity contribution in [2.45, 2.75) is 39.5 Å². The molecule has 0 atom stereocenters. The van der Waals surface area contributed by atoms with Gasteiger partial charge in [-0.05, 0) is 109 Å². The van der Waals surface area contributed by atoms with E-state index >= 15 is 0 Å². The van der Waals surface area contributed by atoms with E-state index in [1.54, 1.807) is 0 Å². The fraction of sp³-hybridized carbons (Fsp3) is 0.143. The second kappa shape index (κ2) is 13.3. The normalized spacial score (nSPS) is 11.2. The van der Waals surface area contributed by atoms with Crippen molar-refractivity contribution in [3.63, 3.8) is 0 Å². The fourth-order valence-corrected chi connectivity index (χ4v) is 6.09. The SMILES string of the molecule is Cc1ccccc1-c1ccn(-c2ccc(CCc3cccc(CCc4ccc(-n5ccc(-c6ccccc6C)n5)cc4)c3)cc2)n1. The molecule has 0 radical (unpaired) electrons. The Balaban J connectivity index is 0.929. The summed E-state index contributed by atoms with van der Waals surface area (Å²) < 4.78 is 3.92. The molecule has 0 spiro atoms. The molecule has 0 aliphatic rings. The van der Waals surface area contributed by atoms with Crippen molar-refractivity contribution < 1.29 is 0 Å². The monoisotopic (exact) mass is 598 g/mol. The molecule has 0 saturated carbocycles. The van der Waals surface area contributed by atoms with Crippen LogP contribution in [-0.4, -0.2) is 19.6 Å². The Hall–Kier alpha value is -5.48. The number of hydrogen-bond acceptors (Lipinski definition) is 2. The Morgan fingerprint density at radius 2 is 0.826 bits per heavy atom. The molecule has 46 heavy (non-hydrogen) atoms. The van der Waals surface area contributed by atoms with Gasteiger partial charge in [-0.1, -0.05) is 97.1 Å². The van der Waals surface area contributed by atoms with Crippen LogP contribution in [0, 0.1) is 13.8 Å². The van der Waals surface area contributed by atoms with E-state index in [1.165, 1.54) is 44.5 Å². The first-order valence-corrected chi connectivity index (χ1v) is 16.1. The molecule has 5 aromatic carbocycles. The molecule has 0 amide bonds. The molecular weight excluding hydrogens is 560 g/mol. The van der Waals surface area contributed by atoms with Gasteiger partial charge in [0.1, 0.15) is 0 Å². The van der Waals surface area contributed by atoms with E-state index < -0.39 is 0 Å². The van der Waals surface area contributed by atoms with Crippen LogP contribution in [0.3, 0.4) is 0 Å². The molecule has 0 aliphatic heterocycles. The van der Waals surface area contributed by atoms with Gasteiger partial charge in [-0.3, -0.25) is 0 Å². The van der Waals surface area contributed by atoms with E-state index in [1.807, 2.05) is 21.8 Å². The number of hydrogen-bond donors (Lipinski definition) is 0. The highest BCUT2D eigenvalue weighted by Gasteiger charge is 2.08. The van der Waals surface area contributed by atoms with Gasteiger partial charge in [0.25, 0.3) is 0 Å². The first-order chi connectivity index (χ1) is 22.6. The smallest absolute Gasteiger partial charge is 0.0930 e. The molecule has 7 rings (SSSR count). The van der Waals surface area contributed by atoms with Gasteiger partial charge < -0.3 is 0 Å². The van der Waals surface area contributed by atoms with Crippen molar-refractivity contribution >= 4 is 0 Å². The minimum Gasteiger partial charge on any atom is -0.240 e. The summed E-state index contributed by atoms with van der Waals surface area (Å²) in [5.41, 5.74) is 14.4. The number of aromatic nitrogens is 4. The summed E-state index contributed by atoms with van der Waals surface area (Å²) in [7, 11) is 0. The van der Waals surface area contributed by atoms with E-state index in [0.29, 0.717) is 0 Å². The maximum absolute atomic E-state index is 4.83. The van der Waals surface area contributed by atoms with Gasteiger partial charge in [0, 0.05) is 23.5 Å². The van der Waals surface area contributed by atoms with Crippen LogP contribution in [0.1, 0.15) is 33.4 Å². The lowest BCUT2D eigenvalue weighted by Crippen LogP contribution is -1.98. The molecular formula is C42H38N4. The lowest BCUT2D eigenvalue weighted by Gasteiger charge is -2.08. The third-order valence-electron chi connectivity index (χ3n) is 8.82. The van der Waals surface area contributed by atoms with E-state index in [-0.39, 0.29) is 0 Å². The highest BCUT2D eigenvalue weighted by Crippen LogP contribution is 2.24. The minimum atomic E-state index is 1.00. The van der Waals surface area contributed by atoms with E-state index in [4.69, 9.17) is 10.2 Å². The number of nitrogens with zero attached hydrogens (tertiary/aromatic N) is 4. The lowest BCUT2D eigenvalue weighted by atomic mass is 9.99. The summed E-state index contributed by atoms with van der Waals surface area (Å²) >= 11 is 0. The van der Waals surface area contributed by atoms with Crippen LogP contribution in [-0.2, 0) is 25.7 Å². The number of rotatable bonds is 10. The molecule has 2 aromatic heterocycles. The Kier molecular flexibility index (Phi) is 8.42. The Morgan fingerprint density at radius 1 is 0.413 bits per heavy atom. The van der Waals surface area contributed by atoms with Crippen LogP contribution in [0.4, 0.5) is 0 Å². The third kappa shape index (κ3) is 6.62. The maximum Gasteiger partial charge on any atom is 0.0930 e. The lowest BCUT2D eigenvalue weighted by molar-refractivity contribution is 0.878. The second-order valence-corrected chi connectivity index (χ2v) is 12.1. The molecule has 2 heterocycles. The van der Waals surface area contributed by atoms with Crippen molar-refractivity contribution in [1.29, 1.82) is 0 Å². The van der Waals surface area contributed by atoms with Gasteiger partial charge in [0.2, 0.25) is 0 Å². The van der Waals surface area contributed by atoms with Gasteiger partial charge in [0.15, 0.2) is 0 Å². The Labute approximate surface area is 271 Å². The first-order valence-electron chi connectivity index (χ1n) is 16.1. The Bertz CT molecular complexity index is 1920. The van der Waals surface area contributed by atoms with Crippen molar-refractivity contribution in [2.24, 2.45) is 0 Å². The van der Waals surface area contributed by atoms with Crippen LogP contribution in [0.2, 0.25) is 0 Å². The molecule has 4 nitrogen and oxygen atoms in total. The van der Waals surface area contributed by atoms with Crippen molar-refractivity contribution in [2.75, 3.05) is 0 Å². The third-order valence-corrected chi connectivity index (χ3v) is 8.82. The topological polar surface area (TPSA) is 35.6 Å². The van der Waals surface area contributed by atoms with Crippen molar-refractivity contribution in [1.82, 2.24) is 19.6 Å². The molecule has 0 fully saturated rings. The largest absolute Gasteiger partial charge is 0.240 e. The van der Waals surface area contributed by atoms with E-state index in [0.717, 1.165) is 48.4 Å². The molecule has 0 aliphatic carbocycles. The zero-order chi connectivity index (χ0) is 31.3. The first kappa shape index (κ1) is 29.2. The summed E-state index contributed by atoms with van der Waals surface area (Å²) in [6, 6.07) is 47.6. The van der Waals surface area contributed by atoms with Crippen LogP contribution in [0.25, 0.3) is 33.9 Å². The summed E-state index contributed by atoms with van der Waals surface area (Å²) in [5.74, 6) is 0. The van der Waals surface area contributed by atoms with Gasteiger partial charge in [-0.2, -0.15) is 10.2 Å². The predicted octanol–water partition coefficient (Wildman–Crippen LogP) is 9.58. The standard InChI is InChI=1S/C42H38N4/c1-31-8-3-5-12-39(31)41-26-28-45(43-41)37-22-18-33(19-23-37)14-16-35-10-7-11-36(30-35)17-15-34-20-24-38(25-21-34)46-29-27-42(44-46)40-13-6-4-9-32(40)2/h3-13,18-30H,14-17H2,1-2H3. The molecule has 0 unspecified atom stereocenters. The molecule has 0 saturated heterocycles. The van der Waals surface area contributed by atoms with Gasteiger partial charge in [0.05, 0.1) is 22.8 Å². The average molecular weight is 599 g/mol. The summed E-state index contributed by atoms with van der Waals surface area (Å²) in [4.78, 5) is 0. The van der Waals surface area contributed by atoms with Crippen LogP contribution >= 0.6 is 0 Å². The summed E-state index contributed by atoms with van der Waals surface area (Å²) in [6.07, 6.45) is 8.15. The zero-order valence-electron chi connectivity index (χ0n) is 26.5. The van der Waals surface area contributed by atoms with Crippen LogP contribution in [0.15, 0.2) is 146 Å². The Morgan fingerprint density at radius 3 is 1.26 bits per heavy atom. The second-order valence-electron chi connectivity index (χ2n) is 12.1. The molecule has 226 valence electrons. The van der Waals surface area contributed by atoms with Crippen LogP contribution < -0.4 is 0 Å². The van der Waals surface area contributed by atoms with Gasteiger partial charge in [-0.25, -0.2) is 9.36 Å². The maximum atomic E-state index is 4.83. The summed E-state index contributed by atoms with van der Waals surface area (Å²) in [5, 5.41) is 9.66. The predicted molar refractivity (Wildman–Crippen MR) is 189 cm³/mol. The number of benzene rings is 5. The molecule has 4 heteroatoms. The fourth-order valence-electron chi connectivity index (χ4n) is 6.09. The quantitative estimate of drug-likeness (QED) is 0.157. The minimum absolute atomic E-state index is 1.00. The summed E-state index contributed by atoms with van der Waals surface area (Å²) in [6.45, 7) is 4.26. The molecule has 7 aromatic rings. The van der Waals surface area contributed by atoms with Crippen LogP contribution in [0.5, 0.6) is 0 Å². The van der Waals surface area contributed by atoms with Gasteiger partial charge in [-0.15, -0.1) is 0 Å². The van der Waals surface area contributed by atoms with E-state index in [2.05, 4.69) is 147 Å². The molecule has 0 bridgehead atoms. The van der Waals surface area contributed by atoms with E-state index in [9.17, 15) is 0 Å². The zero-order valence-corrected chi connectivity index (χ0v) is 26.5. The highest BCUT2D eigenvalue weighted by atomic mass is 15.3. The highest BCUT2D eigenvalue weighted by molar-refractivity contribution is 5.64. The number of aryl methyl sites for hydroxylation is 6. The van der Waals surface area contributed by atoms with Crippen molar-refractivity contribution in [3.8, 4) is 33.9 Å².